The third-order valence-electron chi connectivity index (χ3n) is 2.85. The van der Waals surface area contributed by atoms with Crippen LogP contribution in [0.1, 0.15) is 54.4 Å². The molecular weight excluding hydrogens is 230 g/mol. The van der Waals surface area contributed by atoms with Crippen LogP contribution in [-0.4, -0.2) is 23.0 Å². The van der Waals surface area contributed by atoms with Gasteiger partial charge in [-0.3, -0.25) is 4.79 Å². The number of rotatable bonds is 7. The molecule has 4 nitrogen and oxygen atoms in total. The van der Waals surface area contributed by atoms with Crippen LogP contribution in [0.2, 0.25) is 0 Å². The molecule has 0 aliphatic heterocycles. The number of carbonyl (C=O) groups is 2. The second-order valence-electron chi connectivity index (χ2n) is 6.57. The Morgan fingerprint density at radius 2 is 1.67 bits per heavy atom. The lowest BCUT2D eigenvalue weighted by Crippen LogP contribution is -2.45. The van der Waals surface area contributed by atoms with Gasteiger partial charge in [-0.1, -0.05) is 41.5 Å². The molecule has 1 unspecified atom stereocenters. The van der Waals surface area contributed by atoms with Crippen LogP contribution in [0.4, 0.5) is 0 Å². The first-order chi connectivity index (χ1) is 8.05. The number of hydrogen-bond donors (Lipinski definition) is 2. The zero-order chi connectivity index (χ0) is 14.5. The highest BCUT2D eigenvalue weighted by Gasteiger charge is 2.27. The van der Waals surface area contributed by atoms with Crippen molar-refractivity contribution in [1.82, 2.24) is 5.32 Å². The third kappa shape index (κ3) is 6.62. The number of aliphatic carboxylic acids is 1. The molecular formula is C14H27NO3. The monoisotopic (exact) mass is 257 g/mol. The van der Waals surface area contributed by atoms with Crippen LogP contribution >= 0.6 is 0 Å². The number of amides is 1. The maximum absolute atomic E-state index is 11.9. The van der Waals surface area contributed by atoms with Gasteiger partial charge in [0.25, 0.3) is 0 Å². The largest absolute Gasteiger partial charge is 0.480 e. The fourth-order valence-corrected chi connectivity index (χ4v) is 2.35. The number of carbonyl (C=O) groups excluding carboxylic acids is 1. The summed E-state index contributed by atoms with van der Waals surface area (Å²) in [5.41, 5.74) is -0.0989. The zero-order valence-corrected chi connectivity index (χ0v) is 12.4. The van der Waals surface area contributed by atoms with Gasteiger partial charge in [-0.2, -0.15) is 0 Å². The summed E-state index contributed by atoms with van der Waals surface area (Å²) in [6, 6.07) is -0.799. The van der Waals surface area contributed by atoms with Crippen molar-refractivity contribution in [3.05, 3.63) is 0 Å². The van der Waals surface area contributed by atoms with E-state index in [1.165, 1.54) is 0 Å². The standard InChI is InChI=1S/C14H27NO3/c1-9(2)7-14(5,6)8-11(16)15-12(10(3)4)13(17)18/h9-10,12H,7-8H2,1-6H3,(H,15,16)(H,17,18). The van der Waals surface area contributed by atoms with Gasteiger partial charge < -0.3 is 10.4 Å². The molecule has 0 aromatic heterocycles. The molecule has 0 saturated heterocycles. The Kier molecular flexibility index (Phi) is 6.36. The van der Waals surface area contributed by atoms with E-state index in [0.29, 0.717) is 12.3 Å². The molecule has 4 heteroatoms. The predicted octanol–water partition coefficient (Wildman–Crippen LogP) is 2.67. The second-order valence-corrected chi connectivity index (χ2v) is 6.57. The molecule has 0 aromatic rings. The van der Waals surface area contributed by atoms with Crippen LogP contribution in [0.15, 0.2) is 0 Å². The average Bonchev–Trinajstić information content (AvgIpc) is 2.09. The molecule has 1 amide bonds. The molecule has 0 aromatic carbocycles. The van der Waals surface area contributed by atoms with Crippen LogP contribution in [0.5, 0.6) is 0 Å². The summed E-state index contributed by atoms with van der Waals surface area (Å²) in [4.78, 5) is 22.9. The zero-order valence-electron chi connectivity index (χ0n) is 12.4. The van der Waals surface area contributed by atoms with Crippen LogP contribution in [0.25, 0.3) is 0 Å². The van der Waals surface area contributed by atoms with Crippen molar-refractivity contribution in [1.29, 1.82) is 0 Å². The van der Waals surface area contributed by atoms with Gasteiger partial charge in [-0.15, -0.1) is 0 Å². The molecule has 106 valence electrons. The van der Waals surface area contributed by atoms with Crippen molar-refractivity contribution in [3.8, 4) is 0 Å². The maximum atomic E-state index is 11.9. The van der Waals surface area contributed by atoms with Crippen LogP contribution < -0.4 is 5.32 Å². The van der Waals surface area contributed by atoms with Crippen molar-refractivity contribution in [2.24, 2.45) is 17.3 Å². The first-order valence-corrected chi connectivity index (χ1v) is 6.57. The molecule has 0 heterocycles. The van der Waals surface area contributed by atoms with Crippen LogP contribution in [0, 0.1) is 17.3 Å². The van der Waals surface area contributed by atoms with E-state index >= 15 is 0 Å². The van der Waals surface area contributed by atoms with Gasteiger partial charge in [0.1, 0.15) is 6.04 Å². The van der Waals surface area contributed by atoms with E-state index in [-0.39, 0.29) is 17.2 Å². The van der Waals surface area contributed by atoms with Gasteiger partial charge in [-0.05, 0) is 23.7 Å². The minimum absolute atomic E-state index is 0.0989. The van der Waals surface area contributed by atoms with Crippen molar-refractivity contribution in [2.75, 3.05) is 0 Å². The Morgan fingerprint density at radius 1 is 1.17 bits per heavy atom. The van der Waals surface area contributed by atoms with Crippen LogP contribution in [0.3, 0.4) is 0 Å². The summed E-state index contributed by atoms with van der Waals surface area (Å²) in [5, 5.41) is 11.6. The normalized spacial score (nSPS) is 13.8. The summed E-state index contributed by atoms with van der Waals surface area (Å²) in [7, 11) is 0. The molecule has 1 atom stereocenters. The van der Waals surface area contributed by atoms with Gasteiger partial charge >= 0.3 is 5.97 Å². The fourth-order valence-electron chi connectivity index (χ4n) is 2.35. The van der Waals surface area contributed by atoms with Gasteiger partial charge in [0.2, 0.25) is 5.91 Å². The summed E-state index contributed by atoms with van der Waals surface area (Å²) >= 11 is 0. The number of hydrogen-bond acceptors (Lipinski definition) is 2. The molecule has 0 bridgehead atoms. The second kappa shape index (κ2) is 6.76. The van der Waals surface area contributed by atoms with E-state index in [0.717, 1.165) is 6.42 Å². The molecule has 2 N–H and O–H groups in total. The highest BCUT2D eigenvalue weighted by molar-refractivity contribution is 5.84. The number of carboxylic acids is 1. The molecule has 0 radical (unpaired) electrons. The molecule has 0 saturated carbocycles. The van der Waals surface area contributed by atoms with E-state index < -0.39 is 12.0 Å². The molecule has 0 rings (SSSR count). The Bertz CT molecular complexity index is 295. The molecule has 18 heavy (non-hydrogen) atoms. The number of nitrogens with one attached hydrogen (secondary N) is 1. The van der Waals surface area contributed by atoms with Crippen molar-refractivity contribution >= 4 is 11.9 Å². The summed E-state index contributed by atoms with van der Waals surface area (Å²) in [6.07, 6.45) is 1.31. The van der Waals surface area contributed by atoms with Crippen molar-refractivity contribution in [2.45, 2.75) is 60.4 Å². The molecule has 0 spiro atoms. The SMILES string of the molecule is CC(C)CC(C)(C)CC(=O)NC(C(=O)O)C(C)C. The molecule has 0 aliphatic carbocycles. The van der Waals surface area contributed by atoms with Crippen molar-refractivity contribution < 1.29 is 14.7 Å². The van der Waals surface area contributed by atoms with E-state index in [2.05, 4.69) is 19.2 Å². The highest BCUT2D eigenvalue weighted by atomic mass is 16.4. The Hall–Kier alpha value is -1.06. The lowest BCUT2D eigenvalue weighted by molar-refractivity contribution is -0.143. The van der Waals surface area contributed by atoms with Gasteiger partial charge in [-0.25, -0.2) is 4.79 Å². The molecule has 0 fully saturated rings. The number of carboxylic acid groups (broad SMARTS) is 1. The van der Waals surface area contributed by atoms with E-state index in [1.807, 2.05) is 13.8 Å². The average molecular weight is 257 g/mol. The van der Waals surface area contributed by atoms with Gasteiger partial charge in [0, 0.05) is 6.42 Å². The molecule has 0 aliphatic rings. The van der Waals surface area contributed by atoms with E-state index in [1.54, 1.807) is 13.8 Å². The Labute approximate surface area is 110 Å². The van der Waals surface area contributed by atoms with Crippen LogP contribution in [-0.2, 0) is 9.59 Å². The first-order valence-electron chi connectivity index (χ1n) is 6.57. The lowest BCUT2D eigenvalue weighted by Gasteiger charge is -2.27. The summed E-state index contributed by atoms with van der Waals surface area (Å²) in [5.74, 6) is -0.741. The van der Waals surface area contributed by atoms with E-state index in [9.17, 15) is 9.59 Å². The smallest absolute Gasteiger partial charge is 0.326 e. The van der Waals surface area contributed by atoms with Crippen molar-refractivity contribution in [3.63, 3.8) is 0 Å². The minimum Gasteiger partial charge on any atom is -0.480 e. The topological polar surface area (TPSA) is 66.4 Å². The lowest BCUT2D eigenvalue weighted by atomic mass is 9.81. The summed E-state index contributed by atoms with van der Waals surface area (Å²) < 4.78 is 0. The predicted molar refractivity (Wildman–Crippen MR) is 72.3 cm³/mol. The maximum Gasteiger partial charge on any atom is 0.326 e. The minimum atomic E-state index is -0.972. The third-order valence-corrected chi connectivity index (χ3v) is 2.85. The fraction of sp³-hybridized carbons (Fsp3) is 0.857. The Morgan fingerprint density at radius 3 is 2.00 bits per heavy atom. The summed E-state index contributed by atoms with van der Waals surface area (Å²) in [6.45, 7) is 11.9. The Balaban J connectivity index is 4.45. The quantitative estimate of drug-likeness (QED) is 0.737. The highest BCUT2D eigenvalue weighted by Crippen LogP contribution is 2.29. The van der Waals surface area contributed by atoms with Gasteiger partial charge in [0.05, 0.1) is 0 Å². The first kappa shape index (κ1) is 16.9. The van der Waals surface area contributed by atoms with E-state index in [4.69, 9.17) is 5.11 Å². The van der Waals surface area contributed by atoms with Gasteiger partial charge in [0.15, 0.2) is 0 Å².